The van der Waals surface area contributed by atoms with Gasteiger partial charge in [0.05, 0.1) is 7.11 Å². The van der Waals surface area contributed by atoms with Gasteiger partial charge in [-0.1, -0.05) is 27.2 Å². The van der Waals surface area contributed by atoms with Gasteiger partial charge in [0.1, 0.15) is 5.60 Å². The van der Waals surface area contributed by atoms with Crippen molar-refractivity contribution in [3.05, 3.63) is 0 Å². The van der Waals surface area contributed by atoms with Crippen molar-refractivity contribution in [3.63, 3.8) is 0 Å². The predicted octanol–water partition coefficient (Wildman–Crippen LogP) is 2.53. The first-order valence-electron chi connectivity index (χ1n) is 5.74. The van der Waals surface area contributed by atoms with Crippen LogP contribution in [0.1, 0.15) is 47.0 Å². The molecule has 0 aromatic heterocycles. The van der Waals surface area contributed by atoms with Crippen molar-refractivity contribution in [3.8, 4) is 0 Å². The summed E-state index contributed by atoms with van der Waals surface area (Å²) in [6, 6.07) is 0. The van der Waals surface area contributed by atoms with Gasteiger partial charge in [-0.25, -0.2) is 4.79 Å². The third-order valence-electron chi connectivity index (χ3n) is 3.75. The summed E-state index contributed by atoms with van der Waals surface area (Å²) < 4.78 is 10.5. The van der Waals surface area contributed by atoms with Crippen molar-refractivity contribution in [2.75, 3.05) is 7.11 Å². The largest absolute Gasteiger partial charge is 0.467 e. The zero-order valence-corrected chi connectivity index (χ0v) is 10.4. The van der Waals surface area contributed by atoms with Crippen LogP contribution in [0.4, 0.5) is 0 Å². The average molecular weight is 214 g/mol. The van der Waals surface area contributed by atoms with Gasteiger partial charge in [0.2, 0.25) is 0 Å². The molecule has 1 fully saturated rings. The normalized spacial score (nSPS) is 36.1. The van der Waals surface area contributed by atoms with E-state index in [9.17, 15) is 4.79 Å². The smallest absolute Gasteiger partial charge is 0.340 e. The lowest BCUT2D eigenvalue weighted by atomic mass is 9.83. The molecule has 88 valence electrons. The minimum Gasteiger partial charge on any atom is -0.467 e. The first-order valence-corrected chi connectivity index (χ1v) is 5.74. The first-order chi connectivity index (χ1) is 6.95. The van der Waals surface area contributed by atoms with Crippen molar-refractivity contribution in [1.82, 2.24) is 0 Å². The second-order valence-corrected chi connectivity index (χ2v) is 4.69. The second kappa shape index (κ2) is 4.12. The Hall–Kier alpha value is -0.570. The molecule has 3 nitrogen and oxygen atoms in total. The summed E-state index contributed by atoms with van der Waals surface area (Å²) in [6.07, 6.45) is 2.91. The third kappa shape index (κ3) is 1.89. The highest BCUT2D eigenvalue weighted by atomic mass is 16.7. The zero-order chi connectivity index (χ0) is 11.7. The number of epoxide rings is 1. The van der Waals surface area contributed by atoms with Gasteiger partial charge in [-0.3, -0.25) is 0 Å². The summed E-state index contributed by atoms with van der Waals surface area (Å²) in [6.45, 7) is 8.25. The van der Waals surface area contributed by atoms with Crippen LogP contribution in [0, 0.1) is 5.92 Å². The highest BCUT2D eigenvalue weighted by molar-refractivity contribution is 5.84. The number of hydrogen-bond acceptors (Lipinski definition) is 3. The number of carbonyl (C=O) groups excluding carboxylic acids is 1. The highest BCUT2D eigenvalue weighted by Gasteiger charge is 2.71. The third-order valence-corrected chi connectivity index (χ3v) is 3.75. The first kappa shape index (κ1) is 12.5. The molecule has 1 heterocycles. The number of hydrogen-bond donors (Lipinski definition) is 0. The summed E-state index contributed by atoms with van der Waals surface area (Å²) in [5, 5.41) is 0. The van der Waals surface area contributed by atoms with Crippen molar-refractivity contribution in [1.29, 1.82) is 0 Å². The molecule has 0 aliphatic carbocycles. The topological polar surface area (TPSA) is 38.8 Å². The maximum atomic E-state index is 11.6. The summed E-state index contributed by atoms with van der Waals surface area (Å²) >= 11 is 0. The van der Waals surface area contributed by atoms with E-state index < -0.39 is 5.60 Å². The number of esters is 1. The minimum absolute atomic E-state index is 0.243. The lowest BCUT2D eigenvalue weighted by molar-refractivity contribution is -0.146. The Balaban J connectivity index is 2.71. The van der Waals surface area contributed by atoms with Crippen molar-refractivity contribution in [2.24, 2.45) is 5.92 Å². The van der Waals surface area contributed by atoms with Crippen molar-refractivity contribution in [2.45, 2.75) is 58.2 Å². The fourth-order valence-corrected chi connectivity index (χ4v) is 2.29. The molecule has 3 heteroatoms. The Labute approximate surface area is 92.1 Å². The molecule has 0 bridgehead atoms. The van der Waals surface area contributed by atoms with Crippen LogP contribution in [-0.4, -0.2) is 24.3 Å². The Morgan fingerprint density at radius 1 is 1.47 bits per heavy atom. The molecular formula is C12H22O3. The van der Waals surface area contributed by atoms with E-state index in [2.05, 4.69) is 20.8 Å². The molecule has 0 N–H and O–H groups in total. The standard InChI is InChI=1S/C12H22O3/c1-6-9(3)8-12(7-2)11(4,15-12)10(13)14-5/h9H,6-8H2,1-5H3. The quantitative estimate of drug-likeness (QED) is 0.521. The summed E-state index contributed by atoms with van der Waals surface area (Å²) in [5.41, 5.74) is -0.991. The fraction of sp³-hybridized carbons (Fsp3) is 0.917. The van der Waals surface area contributed by atoms with Gasteiger partial charge < -0.3 is 9.47 Å². The van der Waals surface area contributed by atoms with Crippen LogP contribution in [0.25, 0.3) is 0 Å². The van der Waals surface area contributed by atoms with Crippen LogP contribution >= 0.6 is 0 Å². The maximum Gasteiger partial charge on any atom is 0.340 e. The van der Waals surface area contributed by atoms with Crippen LogP contribution in [0.15, 0.2) is 0 Å². The van der Waals surface area contributed by atoms with Crippen LogP contribution in [0.3, 0.4) is 0 Å². The van der Waals surface area contributed by atoms with E-state index in [0.29, 0.717) is 5.92 Å². The van der Waals surface area contributed by atoms with E-state index in [1.165, 1.54) is 7.11 Å². The number of ether oxygens (including phenoxy) is 2. The molecule has 1 aliphatic rings. The minimum atomic E-state index is -0.708. The summed E-state index contributed by atoms with van der Waals surface area (Å²) in [7, 11) is 1.42. The monoisotopic (exact) mass is 214 g/mol. The van der Waals surface area contributed by atoms with Crippen molar-refractivity contribution < 1.29 is 14.3 Å². The van der Waals surface area contributed by atoms with E-state index in [4.69, 9.17) is 9.47 Å². The number of rotatable bonds is 5. The molecule has 0 saturated carbocycles. The lowest BCUT2D eigenvalue weighted by Crippen LogP contribution is -2.33. The molecule has 0 radical (unpaired) electrons. The van der Waals surface area contributed by atoms with Gasteiger partial charge in [0, 0.05) is 0 Å². The second-order valence-electron chi connectivity index (χ2n) is 4.69. The van der Waals surface area contributed by atoms with Crippen LogP contribution in [0.5, 0.6) is 0 Å². The highest BCUT2D eigenvalue weighted by Crippen LogP contribution is 2.54. The number of methoxy groups -OCH3 is 1. The van der Waals surface area contributed by atoms with Gasteiger partial charge in [-0.2, -0.15) is 0 Å². The van der Waals surface area contributed by atoms with E-state index in [1.54, 1.807) is 0 Å². The van der Waals surface area contributed by atoms with Gasteiger partial charge >= 0.3 is 5.97 Å². The molecule has 1 saturated heterocycles. The van der Waals surface area contributed by atoms with Gasteiger partial charge in [-0.05, 0) is 25.7 Å². The van der Waals surface area contributed by atoms with E-state index >= 15 is 0 Å². The predicted molar refractivity (Wildman–Crippen MR) is 58.6 cm³/mol. The lowest BCUT2D eigenvalue weighted by Gasteiger charge is -2.17. The molecule has 3 atom stereocenters. The molecule has 0 aromatic carbocycles. The Kier molecular flexibility index (Phi) is 3.44. The maximum absolute atomic E-state index is 11.6. The van der Waals surface area contributed by atoms with E-state index in [0.717, 1.165) is 19.3 Å². The number of carbonyl (C=O) groups is 1. The van der Waals surface area contributed by atoms with Gasteiger partial charge in [-0.15, -0.1) is 0 Å². The molecule has 3 unspecified atom stereocenters. The molecule has 0 aromatic rings. The Morgan fingerprint density at radius 2 is 2.07 bits per heavy atom. The SMILES string of the molecule is CCC(C)CC1(CC)OC1(C)C(=O)OC. The van der Waals surface area contributed by atoms with E-state index in [1.807, 2.05) is 6.92 Å². The molecular weight excluding hydrogens is 192 g/mol. The van der Waals surface area contributed by atoms with Crippen LogP contribution in [0.2, 0.25) is 0 Å². The van der Waals surface area contributed by atoms with Gasteiger partial charge in [0.25, 0.3) is 0 Å². The van der Waals surface area contributed by atoms with Crippen LogP contribution in [-0.2, 0) is 14.3 Å². The van der Waals surface area contributed by atoms with E-state index in [-0.39, 0.29) is 11.6 Å². The average Bonchev–Trinajstić information content (AvgIpc) is 2.84. The molecule has 0 amide bonds. The summed E-state index contributed by atoms with van der Waals surface area (Å²) in [5.74, 6) is 0.337. The molecule has 1 aliphatic heterocycles. The van der Waals surface area contributed by atoms with Crippen LogP contribution < -0.4 is 0 Å². The zero-order valence-electron chi connectivity index (χ0n) is 10.4. The Bertz CT molecular complexity index is 251. The van der Waals surface area contributed by atoms with Gasteiger partial charge in [0.15, 0.2) is 5.60 Å². The fourth-order valence-electron chi connectivity index (χ4n) is 2.29. The van der Waals surface area contributed by atoms with Crippen molar-refractivity contribution >= 4 is 5.97 Å². The Morgan fingerprint density at radius 3 is 2.47 bits per heavy atom. The molecule has 0 spiro atoms. The summed E-state index contributed by atoms with van der Waals surface area (Å²) in [4.78, 5) is 11.6. The molecule has 15 heavy (non-hydrogen) atoms. The molecule has 1 rings (SSSR count).